The smallest absolute Gasteiger partial charge is 0.127 e. The molecule has 0 unspecified atom stereocenters. The highest BCUT2D eigenvalue weighted by atomic mass is 79.9. The minimum absolute atomic E-state index is 0.758. The Bertz CT molecular complexity index is 688. The van der Waals surface area contributed by atoms with Crippen molar-refractivity contribution in [3.63, 3.8) is 0 Å². The van der Waals surface area contributed by atoms with E-state index in [0.717, 1.165) is 45.6 Å². The van der Waals surface area contributed by atoms with E-state index in [-0.39, 0.29) is 0 Å². The second-order valence-corrected chi connectivity index (χ2v) is 7.04. The summed E-state index contributed by atoms with van der Waals surface area (Å²) in [7, 11) is 2.04. The van der Waals surface area contributed by atoms with E-state index in [1.165, 1.54) is 11.1 Å². The van der Waals surface area contributed by atoms with E-state index >= 15 is 0 Å². The van der Waals surface area contributed by atoms with Crippen LogP contribution in [0.2, 0.25) is 0 Å². The van der Waals surface area contributed by atoms with Gasteiger partial charge in [-0.3, -0.25) is 0 Å². The number of halogens is 2. The van der Waals surface area contributed by atoms with Gasteiger partial charge in [0, 0.05) is 34.5 Å². The molecule has 0 aliphatic carbocycles. The summed E-state index contributed by atoms with van der Waals surface area (Å²) in [5.74, 6) is 1.03. The fourth-order valence-electron chi connectivity index (χ4n) is 2.68. The highest BCUT2D eigenvalue weighted by Crippen LogP contribution is 2.35. The number of rotatable bonds is 3. The zero-order valence-electron chi connectivity index (χ0n) is 11.7. The van der Waals surface area contributed by atoms with Gasteiger partial charge in [0.05, 0.1) is 18.0 Å². The Hall–Kier alpha value is -1.20. The Kier molecular flexibility index (Phi) is 4.13. The normalized spacial score (nSPS) is 12.9. The van der Waals surface area contributed by atoms with Crippen molar-refractivity contribution in [1.82, 2.24) is 0 Å². The van der Waals surface area contributed by atoms with Crippen molar-refractivity contribution in [2.75, 3.05) is 24.3 Å². The number of nitrogens with two attached hydrogens (primary N) is 1. The van der Waals surface area contributed by atoms with Crippen LogP contribution in [0.25, 0.3) is 0 Å². The van der Waals surface area contributed by atoms with Gasteiger partial charge < -0.3 is 15.4 Å². The Morgan fingerprint density at radius 3 is 2.76 bits per heavy atom. The van der Waals surface area contributed by atoms with Gasteiger partial charge in [-0.25, -0.2) is 0 Å². The van der Waals surface area contributed by atoms with Crippen LogP contribution in [0.4, 0.5) is 11.4 Å². The summed E-state index contributed by atoms with van der Waals surface area (Å²) >= 11 is 7.02. The molecule has 0 saturated heterocycles. The zero-order valence-corrected chi connectivity index (χ0v) is 14.9. The third-order valence-electron chi connectivity index (χ3n) is 3.63. The average Bonchev–Trinajstić information content (AvgIpc) is 2.86. The molecular formula is C16H16Br2N2O. The van der Waals surface area contributed by atoms with Gasteiger partial charge in [0.25, 0.3) is 0 Å². The second kappa shape index (κ2) is 5.89. The van der Waals surface area contributed by atoms with Crippen LogP contribution in [0.1, 0.15) is 11.1 Å². The van der Waals surface area contributed by atoms with E-state index in [9.17, 15) is 0 Å². The summed E-state index contributed by atoms with van der Waals surface area (Å²) in [5.41, 5.74) is 10.3. The molecule has 3 rings (SSSR count). The first-order chi connectivity index (χ1) is 10.0. The first-order valence-corrected chi connectivity index (χ1v) is 8.33. The van der Waals surface area contributed by atoms with Crippen molar-refractivity contribution in [3.05, 3.63) is 50.4 Å². The molecule has 0 radical (unpaired) electrons. The highest BCUT2D eigenvalue weighted by molar-refractivity contribution is 9.10. The molecule has 5 heteroatoms. The molecule has 0 spiro atoms. The van der Waals surface area contributed by atoms with Crippen LogP contribution in [0.15, 0.2) is 39.3 Å². The van der Waals surface area contributed by atoms with Crippen LogP contribution >= 0.6 is 31.9 Å². The fourth-order valence-corrected chi connectivity index (χ4v) is 3.61. The van der Waals surface area contributed by atoms with E-state index in [2.05, 4.69) is 48.9 Å². The van der Waals surface area contributed by atoms with E-state index < -0.39 is 0 Å². The van der Waals surface area contributed by atoms with Crippen LogP contribution in [0, 0.1) is 0 Å². The third kappa shape index (κ3) is 3.04. The second-order valence-electron chi connectivity index (χ2n) is 5.21. The molecule has 1 heterocycles. The molecule has 21 heavy (non-hydrogen) atoms. The fraction of sp³-hybridized carbons (Fsp3) is 0.250. The molecule has 0 atom stereocenters. The van der Waals surface area contributed by atoms with Crippen LogP contribution in [-0.2, 0) is 13.0 Å². The van der Waals surface area contributed by atoms with Gasteiger partial charge in [-0.05, 0) is 35.9 Å². The van der Waals surface area contributed by atoms with E-state index in [4.69, 9.17) is 10.5 Å². The quantitative estimate of drug-likeness (QED) is 0.762. The molecule has 0 amide bonds. The number of hydrogen-bond donors (Lipinski definition) is 1. The number of nitrogens with zero attached hydrogens (tertiary/aromatic N) is 1. The number of nitrogen functional groups attached to an aromatic ring is 1. The lowest BCUT2D eigenvalue weighted by atomic mass is 10.1. The van der Waals surface area contributed by atoms with Crippen molar-refractivity contribution in [3.8, 4) is 5.75 Å². The predicted octanol–water partition coefficient (Wildman–Crippen LogP) is 4.37. The maximum absolute atomic E-state index is 6.11. The van der Waals surface area contributed by atoms with Gasteiger partial charge in [0.15, 0.2) is 0 Å². The lowest BCUT2D eigenvalue weighted by molar-refractivity contribution is 0.353. The maximum atomic E-state index is 6.11. The maximum Gasteiger partial charge on any atom is 0.127 e. The molecule has 3 nitrogen and oxygen atoms in total. The largest absolute Gasteiger partial charge is 0.493 e. The zero-order chi connectivity index (χ0) is 15.0. The van der Waals surface area contributed by atoms with Crippen molar-refractivity contribution in [2.45, 2.75) is 13.0 Å². The summed E-state index contributed by atoms with van der Waals surface area (Å²) in [6.07, 6.45) is 0.978. The average molecular weight is 412 g/mol. The molecule has 1 aliphatic rings. The minimum atomic E-state index is 0.758. The molecule has 0 saturated carbocycles. The molecule has 0 bridgehead atoms. The summed E-state index contributed by atoms with van der Waals surface area (Å²) < 4.78 is 7.87. The van der Waals surface area contributed by atoms with Crippen molar-refractivity contribution >= 4 is 43.2 Å². The molecule has 2 N–H and O–H groups in total. The monoisotopic (exact) mass is 410 g/mol. The van der Waals surface area contributed by atoms with Gasteiger partial charge in [0.1, 0.15) is 5.75 Å². The number of anilines is 2. The first-order valence-electron chi connectivity index (χ1n) is 6.75. The van der Waals surface area contributed by atoms with Gasteiger partial charge in [0.2, 0.25) is 0 Å². The Morgan fingerprint density at radius 2 is 2.00 bits per heavy atom. The van der Waals surface area contributed by atoms with Crippen molar-refractivity contribution in [1.29, 1.82) is 0 Å². The Morgan fingerprint density at radius 1 is 1.19 bits per heavy atom. The lowest BCUT2D eigenvalue weighted by Crippen LogP contribution is -2.18. The number of benzene rings is 2. The van der Waals surface area contributed by atoms with Gasteiger partial charge in [-0.2, -0.15) is 0 Å². The van der Waals surface area contributed by atoms with Gasteiger partial charge >= 0.3 is 0 Å². The Labute approximate surface area is 141 Å². The van der Waals surface area contributed by atoms with Crippen LogP contribution in [0.3, 0.4) is 0 Å². The summed E-state index contributed by atoms with van der Waals surface area (Å²) in [6, 6.07) is 10.2. The number of fused-ring (bicyclic) bond motifs is 1. The van der Waals surface area contributed by atoms with Crippen molar-refractivity contribution < 1.29 is 4.74 Å². The van der Waals surface area contributed by atoms with E-state index in [1.54, 1.807) is 0 Å². The molecule has 0 fully saturated rings. The molecule has 1 aliphatic heterocycles. The van der Waals surface area contributed by atoms with E-state index in [0.29, 0.717) is 0 Å². The topological polar surface area (TPSA) is 38.5 Å². The lowest BCUT2D eigenvalue weighted by Gasteiger charge is -2.22. The molecule has 2 aromatic carbocycles. The SMILES string of the molecule is CN(Cc1cc(Br)cc2c1OCC2)c1ccc(Br)cc1N. The van der Waals surface area contributed by atoms with Crippen molar-refractivity contribution in [2.24, 2.45) is 0 Å². The first kappa shape index (κ1) is 14.7. The summed E-state index contributed by atoms with van der Waals surface area (Å²) in [5, 5.41) is 0. The molecule has 110 valence electrons. The van der Waals surface area contributed by atoms with E-state index in [1.807, 2.05) is 25.2 Å². The standard InChI is InChI=1S/C16H16Br2N2O/c1-20(15-3-2-12(17)8-14(15)19)9-11-7-13(18)6-10-4-5-21-16(10)11/h2-3,6-8H,4-5,9,19H2,1H3. The van der Waals surface area contributed by atoms with Gasteiger partial charge in [-0.15, -0.1) is 0 Å². The number of hydrogen-bond acceptors (Lipinski definition) is 3. The highest BCUT2D eigenvalue weighted by Gasteiger charge is 2.19. The minimum Gasteiger partial charge on any atom is -0.493 e. The summed E-state index contributed by atoms with van der Waals surface area (Å²) in [4.78, 5) is 2.14. The van der Waals surface area contributed by atoms with Crippen LogP contribution in [-0.4, -0.2) is 13.7 Å². The van der Waals surface area contributed by atoms with Crippen LogP contribution < -0.4 is 15.4 Å². The van der Waals surface area contributed by atoms with Crippen LogP contribution in [0.5, 0.6) is 5.75 Å². The summed E-state index contributed by atoms with van der Waals surface area (Å²) in [6.45, 7) is 1.52. The number of ether oxygens (including phenoxy) is 1. The molecule has 0 aromatic heterocycles. The molecular weight excluding hydrogens is 396 g/mol. The third-order valence-corrected chi connectivity index (χ3v) is 4.58. The molecule has 2 aromatic rings. The predicted molar refractivity (Wildman–Crippen MR) is 94.0 cm³/mol. The Balaban J connectivity index is 1.90. The van der Waals surface area contributed by atoms with Gasteiger partial charge in [-0.1, -0.05) is 31.9 Å².